The molecule has 2 aromatic rings. The summed E-state index contributed by atoms with van der Waals surface area (Å²) in [5.74, 6) is -0.845. The molecule has 0 saturated heterocycles. The van der Waals surface area contributed by atoms with E-state index in [1.807, 2.05) is 23.1 Å². The summed E-state index contributed by atoms with van der Waals surface area (Å²) in [4.78, 5) is 26.1. The van der Waals surface area contributed by atoms with Gasteiger partial charge in [-0.05, 0) is 42.0 Å². The van der Waals surface area contributed by atoms with Crippen molar-refractivity contribution in [1.82, 2.24) is 4.90 Å². The fraction of sp³-hybridized carbons (Fsp3) is 0.333. The number of rotatable bonds is 5. The van der Waals surface area contributed by atoms with E-state index in [2.05, 4.69) is 19.1 Å². The van der Waals surface area contributed by atoms with E-state index in [-0.39, 0.29) is 17.5 Å². The minimum absolute atomic E-state index is 0.0987. The van der Waals surface area contributed by atoms with Crippen molar-refractivity contribution in [2.24, 2.45) is 0 Å². The Morgan fingerprint density at radius 1 is 1.08 bits per heavy atom. The highest BCUT2D eigenvalue weighted by Gasteiger charge is 2.28. The first kappa shape index (κ1) is 17.2. The number of aromatic carboxylic acids is 1. The average molecular weight is 337 g/mol. The van der Waals surface area contributed by atoms with Gasteiger partial charge in [-0.15, -0.1) is 0 Å². The number of nitrogens with zero attached hydrogens (tertiary/aromatic N) is 1. The summed E-state index contributed by atoms with van der Waals surface area (Å²) in [6.07, 6.45) is 2.61. The molecular formula is C21H23NO3. The minimum Gasteiger partial charge on any atom is -0.478 e. The molecule has 25 heavy (non-hydrogen) atoms. The number of carbonyl (C=O) groups excluding carboxylic acids is 1. The number of hydrogen-bond donors (Lipinski definition) is 1. The molecule has 2 aromatic carbocycles. The molecule has 1 N–H and O–H groups in total. The van der Waals surface area contributed by atoms with Crippen LogP contribution in [0.25, 0.3) is 0 Å². The van der Waals surface area contributed by atoms with Crippen LogP contribution in [0.3, 0.4) is 0 Å². The molecule has 0 aliphatic carbocycles. The Bertz CT molecular complexity index is 784. The van der Waals surface area contributed by atoms with Gasteiger partial charge in [-0.2, -0.15) is 0 Å². The summed E-state index contributed by atoms with van der Waals surface area (Å²) in [6, 6.07) is 15.4. The number of carboxylic acid groups (broad SMARTS) is 1. The highest BCUT2D eigenvalue weighted by Crippen LogP contribution is 2.26. The fourth-order valence-electron chi connectivity index (χ4n) is 3.58. The number of hydrogen-bond acceptors (Lipinski definition) is 2. The quantitative estimate of drug-likeness (QED) is 0.905. The van der Waals surface area contributed by atoms with E-state index in [1.54, 1.807) is 18.2 Å². The van der Waals surface area contributed by atoms with Crippen LogP contribution in [0.15, 0.2) is 48.5 Å². The lowest BCUT2D eigenvalue weighted by Crippen LogP contribution is -2.44. The predicted molar refractivity (Wildman–Crippen MR) is 96.5 cm³/mol. The third-order valence-corrected chi connectivity index (χ3v) is 5.00. The second kappa shape index (κ2) is 7.51. The Balaban J connectivity index is 1.72. The lowest BCUT2D eigenvalue weighted by atomic mass is 9.92. The number of fused-ring (bicyclic) bond motifs is 1. The van der Waals surface area contributed by atoms with E-state index >= 15 is 0 Å². The van der Waals surface area contributed by atoms with E-state index in [4.69, 9.17) is 0 Å². The van der Waals surface area contributed by atoms with Crippen LogP contribution in [0.4, 0.5) is 0 Å². The molecule has 0 bridgehead atoms. The van der Waals surface area contributed by atoms with Crippen molar-refractivity contribution in [3.05, 3.63) is 70.8 Å². The van der Waals surface area contributed by atoms with Crippen LogP contribution in [-0.2, 0) is 24.2 Å². The summed E-state index contributed by atoms with van der Waals surface area (Å²) >= 11 is 0. The second-order valence-electron chi connectivity index (χ2n) is 6.52. The number of carboxylic acids is 1. The van der Waals surface area contributed by atoms with E-state index < -0.39 is 5.97 Å². The summed E-state index contributed by atoms with van der Waals surface area (Å²) in [5, 5.41) is 9.27. The van der Waals surface area contributed by atoms with Crippen molar-refractivity contribution in [3.63, 3.8) is 0 Å². The van der Waals surface area contributed by atoms with E-state index in [1.165, 1.54) is 11.1 Å². The summed E-state index contributed by atoms with van der Waals surface area (Å²) < 4.78 is 0. The molecule has 1 amide bonds. The first-order chi connectivity index (χ1) is 12.1. The topological polar surface area (TPSA) is 57.6 Å². The monoisotopic (exact) mass is 337 g/mol. The molecular weight excluding hydrogens is 314 g/mol. The molecule has 1 heterocycles. The van der Waals surface area contributed by atoms with Gasteiger partial charge in [-0.1, -0.05) is 49.4 Å². The number of amides is 1. The van der Waals surface area contributed by atoms with Gasteiger partial charge in [0.1, 0.15) is 0 Å². The largest absolute Gasteiger partial charge is 0.478 e. The van der Waals surface area contributed by atoms with Gasteiger partial charge in [0.05, 0.1) is 5.56 Å². The maximum Gasteiger partial charge on any atom is 0.335 e. The zero-order valence-electron chi connectivity index (χ0n) is 14.4. The molecule has 1 atom stereocenters. The maximum atomic E-state index is 12.8. The van der Waals surface area contributed by atoms with Gasteiger partial charge in [0, 0.05) is 19.0 Å². The molecule has 0 aromatic heterocycles. The van der Waals surface area contributed by atoms with E-state index in [0.717, 1.165) is 12.8 Å². The molecule has 1 aliphatic rings. The smallest absolute Gasteiger partial charge is 0.335 e. The first-order valence-corrected chi connectivity index (χ1v) is 8.77. The number of carbonyl (C=O) groups is 2. The van der Waals surface area contributed by atoms with Crippen LogP contribution in [0.2, 0.25) is 0 Å². The Morgan fingerprint density at radius 2 is 1.76 bits per heavy atom. The van der Waals surface area contributed by atoms with Crippen molar-refractivity contribution >= 4 is 11.9 Å². The molecule has 0 saturated carbocycles. The van der Waals surface area contributed by atoms with Crippen molar-refractivity contribution in [2.45, 2.75) is 45.2 Å². The number of benzene rings is 2. The molecule has 4 heteroatoms. The standard InChI is InChI=1S/C21H23NO3/c1-2-18-13-16-8-3-4-9-17(16)14-22(18)20(23)12-11-15-7-5-6-10-19(15)21(24)25/h3-10,18H,2,11-14H2,1H3,(H,24,25). The second-order valence-corrected chi connectivity index (χ2v) is 6.52. The van der Waals surface area contributed by atoms with Gasteiger partial charge < -0.3 is 10.0 Å². The van der Waals surface area contributed by atoms with Crippen LogP contribution in [0.5, 0.6) is 0 Å². The molecule has 3 rings (SSSR count). The van der Waals surface area contributed by atoms with E-state index in [9.17, 15) is 14.7 Å². The van der Waals surface area contributed by atoms with Gasteiger partial charge >= 0.3 is 5.97 Å². The number of aryl methyl sites for hydroxylation is 1. The Kier molecular flexibility index (Phi) is 5.17. The first-order valence-electron chi connectivity index (χ1n) is 8.77. The normalized spacial score (nSPS) is 16.4. The van der Waals surface area contributed by atoms with Gasteiger partial charge in [0.15, 0.2) is 0 Å². The van der Waals surface area contributed by atoms with Gasteiger partial charge in [-0.3, -0.25) is 4.79 Å². The highest BCUT2D eigenvalue weighted by molar-refractivity contribution is 5.89. The maximum absolute atomic E-state index is 12.8. The highest BCUT2D eigenvalue weighted by atomic mass is 16.4. The molecule has 1 unspecified atom stereocenters. The minimum atomic E-state index is -0.943. The molecule has 1 aliphatic heterocycles. The third-order valence-electron chi connectivity index (χ3n) is 5.00. The summed E-state index contributed by atoms with van der Waals surface area (Å²) in [5.41, 5.74) is 3.54. The molecule has 0 fully saturated rings. The Morgan fingerprint density at radius 3 is 2.48 bits per heavy atom. The fourth-order valence-corrected chi connectivity index (χ4v) is 3.58. The Hall–Kier alpha value is -2.62. The average Bonchev–Trinajstić information content (AvgIpc) is 2.65. The van der Waals surface area contributed by atoms with Crippen LogP contribution >= 0.6 is 0 Å². The van der Waals surface area contributed by atoms with Crippen LogP contribution < -0.4 is 0 Å². The molecule has 130 valence electrons. The summed E-state index contributed by atoms with van der Waals surface area (Å²) in [6.45, 7) is 2.76. The zero-order valence-corrected chi connectivity index (χ0v) is 14.4. The Labute approximate surface area is 148 Å². The molecule has 0 radical (unpaired) electrons. The van der Waals surface area contributed by atoms with E-state index in [0.29, 0.717) is 24.9 Å². The van der Waals surface area contributed by atoms with Crippen LogP contribution in [0, 0.1) is 0 Å². The van der Waals surface area contributed by atoms with Crippen molar-refractivity contribution in [2.75, 3.05) is 0 Å². The van der Waals surface area contributed by atoms with Crippen molar-refractivity contribution < 1.29 is 14.7 Å². The van der Waals surface area contributed by atoms with Gasteiger partial charge in [-0.25, -0.2) is 4.79 Å². The van der Waals surface area contributed by atoms with Gasteiger partial charge in [0.25, 0.3) is 0 Å². The van der Waals surface area contributed by atoms with Crippen molar-refractivity contribution in [1.29, 1.82) is 0 Å². The van der Waals surface area contributed by atoms with Crippen molar-refractivity contribution in [3.8, 4) is 0 Å². The molecule has 0 spiro atoms. The van der Waals surface area contributed by atoms with Gasteiger partial charge in [0.2, 0.25) is 5.91 Å². The lowest BCUT2D eigenvalue weighted by molar-refractivity contribution is -0.134. The SMILES string of the molecule is CCC1Cc2ccccc2CN1C(=O)CCc1ccccc1C(=O)O. The summed E-state index contributed by atoms with van der Waals surface area (Å²) in [7, 11) is 0. The zero-order chi connectivity index (χ0) is 17.8. The van der Waals surface area contributed by atoms with Crippen LogP contribution in [0.1, 0.15) is 46.8 Å². The predicted octanol–water partition coefficient (Wildman–Crippen LogP) is 3.68. The lowest BCUT2D eigenvalue weighted by Gasteiger charge is -2.36. The molecule has 4 nitrogen and oxygen atoms in total. The third kappa shape index (κ3) is 3.73. The van der Waals surface area contributed by atoms with Crippen LogP contribution in [-0.4, -0.2) is 27.9 Å².